The van der Waals surface area contributed by atoms with Gasteiger partial charge in [-0.2, -0.15) is 5.26 Å². The predicted octanol–water partition coefficient (Wildman–Crippen LogP) is 4.75. The standard InChI is InChI=1S/C41H41N5O8S/c1-18-12-21-13-25-26(14-42)46-27-15-51-40(49)41(39-23(10-11-43-41)22-8-6-7-9-24(22)44-39)16-55-38(32(46)31(45(25)4)28(21)33(48)34(18)50-5)30-29(27)37-36(52-17-53-37)19(2)35(30)54-20(3)47/h6-9,12,25-27,31-32,38,43-44,48H,10-11,13,15-17H2,1-5H3/t25?,26-,27-,31+,32?,38+,41+/m0/s1. The monoisotopic (exact) mass is 763 g/mol. The topological polar surface area (TPSA) is 159 Å². The van der Waals surface area contributed by atoms with Crippen LogP contribution >= 0.6 is 11.8 Å². The van der Waals surface area contributed by atoms with Crippen LogP contribution in [0.15, 0.2) is 30.3 Å². The molecule has 3 N–H and O–H groups in total. The molecule has 13 nitrogen and oxygen atoms in total. The Labute approximate surface area is 321 Å². The zero-order valence-electron chi connectivity index (χ0n) is 31.1. The normalized spacial score (nSPS) is 29.1. The summed E-state index contributed by atoms with van der Waals surface area (Å²) < 4.78 is 30.7. The molecule has 0 radical (unpaired) electrons. The Hall–Kier alpha value is -4.94. The first-order valence-corrected chi connectivity index (χ1v) is 19.7. The number of carbonyl (C=O) groups excluding carboxylic acids is 2. The lowest BCUT2D eigenvalue weighted by atomic mass is 9.71. The average Bonchev–Trinajstić information content (AvgIpc) is 3.81. The van der Waals surface area contributed by atoms with Crippen molar-refractivity contribution in [3.63, 3.8) is 0 Å². The zero-order valence-corrected chi connectivity index (χ0v) is 32.0. The number of para-hydroxylation sites is 1. The minimum Gasteiger partial charge on any atom is -0.504 e. The fraction of sp³-hybridized carbons (Fsp3) is 0.439. The highest BCUT2D eigenvalue weighted by Gasteiger charge is 2.62. The number of nitrogens with one attached hydrogen (secondary N) is 2. The van der Waals surface area contributed by atoms with E-state index in [1.807, 2.05) is 39.1 Å². The molecule has 7 aliphatic rings. The number of ether oxygens (including phenoxy) is 5. The van der Waals surface area contributed by atoms with Crippen molar-refractivity contribution in [2.75, 3.05) is 39.9 Å². The molecule has 2 fully saturated rings. The number of piperazine rings is 1. The van der Waals surface area contributed by atoms with Gasteiger partial charge in [-0.05, 0) is 56.5 Å². The molecule has 55 heavy (non-hydrogen) atoms. The number of nitrogens with zero attached hydrogens (tertiary/aromatic N) is 3. The molecule has 14 heteroatoms. The Kier molecular flexibility index (Phi) is 7.71. The van der Waals surface area contributed by atoms with Crippen molar-refractivity contribution in [1.29, 1.82) is 5.26 Å². The largest absolute Gasteiger partial charge is 0.504 e. The molecule has 1 aromatic heterocycles. The van der Waals surface area contributed by atoms with E-state index in [0.29, 0.717) is 47.1 Å². The number of esters is 2. The Balaban J connectivity index is 1.25. The molecule has 7 aliphatic heterocycles. The molecule has 0 amide bonds. The zero-order chi connectivity index (χ0) is 38.1. The Morgan fingerprint density at radius 2 is 1.93 bits per heavy atom. The highest BCUT2D eigenvalue weighted by Crippen LogP contribution is 2.64. The first kappa shape index (κ1) is 34.5. The molecule has 7 atom stereocenters. The van der Waals surface area contributed by atoms with Crippen LogP contribution in [0.4, 0.5) is 0 Å². The van der Waals surface area contributed by atoms with Crippen molar-refractivity contribution < 1.29 is 38.4 Å². The van der Waals surface area contributed by atoms with Crippen molar-refractivity contribution in [3.8, 4) is 34.8 Å². The molecule has 2 saturated heterocycles. The van der Waals surface area contributed by atoms with Crippen molar-refractivity contribution in [1.82, 2.24) is 20.1 Å². The number of phenols is 1. The summed E-state index contributed by atoms with van der Waals surface area (Å²) >= 11 is 1.56. The van der Waals surface area contributed by atoms with E-state index in [1.54, 1.807) is 18.9 Å². The van der Waals surface area contributed by atoms with E-state index in [0.717, 1.165) is 50.8 Å². The van der Waals surface area contributed by atoms with Gasteiger partial charge in [-0.25, -0.2) is 4.79 Å². The lowest BCUT2D eigenvalue weighted by Crippen LogP contribution is -2.69. The van der Waals surface area contributed by atoms with E-state index in [2.05, 4.69) is 38.3 Å². The number of carbonyl (C=O) groups is 2. The van der Waals surface area contributed by atoms with Crippen LogP contribution in [0.2, 0.25) is 0 Å². The Morgan fingerprint density at radius 3 is 2.71 bits per heavy atom. The summed E-state index contributed by atoms with van der Waals surface area (Å²) in [6.07, 6.45) is 1.25. The number of methoxy groups -OCH3 is 1. The fourth-order valence-electron chi connectivity index (χ4n) is 10.6. The van der Waals surface area contributed by atoms with Gasteiger partial charge in [0.15, 0.2) is 28.5 Å². The van der Waals surface area contributed by atoms with Crippen LogP contribution in [0.5, 0.6) is 28.7 Å². The molecule has 284 valence electrons. The van der Waals surface area contributed by atoms with Crippen molar-refractivity contribution in [2.24, 2.45) is 0 Å². The fourth-order valence-corrected chi connectivity index (χ4v) is 12.3. The van der Waals surface area contributed by atoms with Gasteiger partial charge in [0.2, 0.25) is 6.79 Å². The smallest absolute Gasteiger partial charge is 0.333 e. The number of aromatic hydroxyl groups is 1. The number of H-pyrrole nitrogens is 1. The molecule has 1 spiro atoms. The maximum absolute atomic E-state index is 14.8. The van der Waals surface area contributed by atoms with Gasteiger partial charge >= 0.3 is 11.9 Å². The molecule has 3 aromatic carbocycles. The lowest BCUT2D eigenvalue weighted by Gasteiger charge is -2.62. The molecule has 0 aliphatic carbocycles. The predicted molar refractivity (Wildman–Crippen MR) is 202 cm³/mol. The van der Waals surface area contributed by atoms with Gasteiger partial charge < -0.3 is 33.8 Å². The number of aromatic nitrogens is 1. The summed E-state index contributed by atoms with van der Waals surface area (Å²) in [6, 6.07) is 10.3. The number of hydrogen-bond donors (Lipinski definition) is 3. The first-order chi connectivity index (χ1) is 26.6. The van der Waals surface area contributed by atoms with Crippen LogP contribution in [0.3, 0.4) is 0 Å². The van der Waals surface area contributed by atoms with Gasteiger partial charge in [-0.3, -0.25) is 19.9 Å². The van der Waals surface area contributed by atoms with Gasteiger partial charge in [0.25, 0.3) is 0 Å². The van der Waals surface area contributed by atoms with Gasteiger partial charge in [-0.15, -0.1) is 11.8 Å². The molecule has 0 saturated carbocycles. The molecule has 4 aromatic rings. The van der Waals surface area contributed by atoms with Crippen LogP contribution in [0.1, 0.15) is 68.9 Å². The SMILES string of the molecule is COc1c(C)cc2c(c1O)[C@@H]1C3[C@@H]4SC[C@]5(NCCc6c5[nH]c5ccccc65)C(=O)OC[C@@H](c5c6c(c(C)c(OC(C)=O)c54)OCO6)N3[C@@H](C#N)C(C2)N1C. The number of fused-ring (bicyclic) bond motifs is 11. The number of thioether (sulfide) groups is 1. The van der Waals surface area contributed by atoms with E-state index >= 15 is 0 Å². The second-order valence-electron chi connectivity index (χ2n) is 15.4. The van der Waals surface area contributed by atoms with Crippen LogP contribution < -0.4 is 24.3 Å². The number of nitriles is 1. The quantitative estimate of drug-likeness (QED) is 0.190. The number of rotatable bonds is 2. The summed E-state index contributed by atoms with van der Waals surface area (Å²) in [5, 5.41) is 27.4. The van der Waals surface area contributed by atoms with Gasteiger partial charge in [0, 0.05) is 64.5 Å². The minimum atomic E-state index is -1.24. The maximum atomic E-state index is 14.8. The second kappa shape index (κ2) is 12.3. The highest BCUT2D eigenvalue weighted by molar-refractivity contribution is 7.99. The van der Waals surface area contributed by atoms with Crippen LogP contribution in [-0.4, -0.2) is 89.8 Å². The minimum absolute atomic E-state index is 0.0356. The van der Waals surface area contributed by atoms with Crippen molar-refractivity contribution in [3.05, 3.63) is 75.0 Å². The molecule has 11 rings (SSSR count). The van der Waals surface area contributed by atoms with Gasteiger partial charge in [0.05, 0.1) is 36.2 Å². The Bertz CT molecular complexity index is 2390. The molecule has 2 unspecified atom stereocenters. The summed E-state index contributed by atoms with van der Waals surface area (Å²) in [4.78, 5) is 35.8. The summed E-state index contributed by atoms with van der Waals surface area (Å²) in [6.45, 7) is 5.56. The third kappa shape index (κ3) is 4.58. The number of hydrogen-bond acceptors (Lipinski definition) is 13. The van der Waals surface area contributed by atoms with Gasteiger partial charge in [0.1, 0.15) is 18.4 Å². The van der Waals surface area contributed by atoms with E-state index in [1.165, 1.54) is 6.92 Å². The number of aromatic amines is 1. The third-order valence-electron chi connectivity index (χ3n) is 12.8. The maximum Gasteiger partial charge on any atom is 0.333 e. The van der Waals surface area contributed by atoms with E-state index < -0.39 is 46.9 Å². The highest BCUT2D eigenvalue weighted by atomic mass is 32.2. The van der Waals surface area contributed by atoms with E-state index in [-0.39, 0.29) is 30.9 Å². The number of likely N-dealkylation sites (N-methyl/N-ethyl adjacent to an activating group) is 1. The number of benzene rings is 3. The van der Waals surface area contributed by atoms with Gasteiger partial charge in [-0.1, -0.05) is 24.3 Å². The molecule has 4 bridgehead atoms. The van der Waals surface area contributed by atoms with Crippen molar-refractivity contribution >= 4 is 34.6 Å². The summed E-state index contributed by atoms with van der Waals surface area (Å²) in [7, 11) is 3.57. The number of phenolic OH excluding ortho intramolecular Hbond substituents is 1. The molecular formula is C41H41N5O8S. The first-order valence-electron chi connectivity index (χ1n) is 18.7. The molecule has 8 heterocycles. The van der Waals surface area contributed by atoms with Crippen LogP contribution in [0.25, 0.3) is 10.9 Å². The number of aryl methyl sites for hydroxylation is 1. The third-order valence-corrected chi connectivity index (χ3v) is 14.3. The average molecular weight is 764 g/mol. The lowest BCUT2D eigenvalue weighted by molar-refractivity contribution is -0.157. The summed E-state index contributed by atoms with van der Waals surface area (Å²) in [5.41, 5.74) is 6.13. The van der Waals surface area contributed by atoms with Crippen molar-refractivity contribution in [2.45, 2.75) is 74.6 Å². The van der Waals surface area contributed by atoms with Crippen LogP contribution in [-0.2, 0) is 32.7 Å². The van der Waals surface area contributed by atoms with E-state index in [4.69, 9.17) is 23.7 Å². The second-order valence-corrected chi connectivity index (χ2v) is 16.6. The molecular weight excluding hydrogens is 723 g/mol. The van der Waals surface area contributed by atoms with Crippen LogP contribution in [0, 0.1) is 25.2 Å². The van der Waals surface area contributed by atoms with E-state index in [9.17, 15) is 20.0 Å². The summed E-state index contributed by atoms with van der Waals surface area (Å²) in [5.74, 6) is 1.15. The Morgan fingerprint density at radius 1 is 1.13 bits per heavy atom.